The van der Waals surface area contributed by atoms with Crippen LogP contribution in [0.4, 0.5) is 11.4 Å². The highest BCUT2D eigenvalue weighted by molar-refractivity contribution is 6.40. The van der Waals surface area contributed by atoms with Crippen LogP contribution in [-0.2, 0) is 37.8 Å². The normalized spacial score (nSPS) is 23.3. The quantitative estimate of drug-likeness (QED) is 0.150. The van der Waals surface area contributed by atoms with Gasteiger partial charge in [-0.25, -0.2) is 4.98 Å². The van der Waals surface area contributed by atoms with E-state index < -0.39 is 11.4 Å². The summed E-state index contributed by atoms with van der Waals surface area (Å²) in [5.41, 5.74) is 6.32. The average Bonchev–Trinajstić information content (AvgIpc) is 3.76. The number of hydrogen-bond acceptors (Lipinski definition) is 7. The number of amides is 2. The molecule has 3 aliphatic carbocycles. The molecule has 3 fully saturated rings. The third-order valence-electron chi connectivity index (χ3n) is 13.1. The van der Waals surface area contributed by atoms with Gasteiger partial charge in [0.2, 0.25) is 0 Å². The van der Waals surface area contributed by atoms with E-state index in [9.17, 15) is 19.5 Å². The number of nitrogens with zero attached hydrogens (tertiary/aromatic N) is 5. The van der Waals surface area contributed by atoms with Crippen molar-refractivity contribution in [1.29, 1.82) is 0 Å². The fourth-order valence-corrected chi connectivity index (χ4v) is 10.3. The number of nitrogens with one attached hydrogen (secondary N) is 2. The summed E-state index contributed by atoms with van der Waals surface area (Å²) < 4.78 is 1.87. The second kappa shape index (κ2) is 14.0. The van der Waals surface area contributed by atoms with Gasteiger partial charge in [0.25, 0.3) is 11.8 Å². The number of pyridine rings is 1. The van der Waals surface area contributed by atoms with Gasteiger partial charge in [0, 0.05) is 68.7 Å². The van der Waals surface area contributed by atoms with E-state index in [0.29, 0.717) is 56.7 Å². The maximum absolute atomic E-state index is 13.7. The van der Waals surface area contributed by atoms with Crippen molar-refractivity contribution in [2.75, 3.05) is 30.3 Å². The standard InChI is InChI=1S/C42H45Cl2N7O4/c1-49-34-11-17-50(19-16-41-12-14-42(24-41,15-13-41)40(54)55)23-33(34)46-37(49)39(53)48-31-7-3-5-29(36(31)44)28-4-2-6-30(35(28)43)47-38(52)32-20-25-10-18-51(27-8-9-27)22-26(25)21-45-32/h2-7,20-21,27H,8-19,22-24H2,1H3,(H,47,52)(H,48,53)(H,54,55). The number of hydrogen-bond donors (Lipinski definition) is 3. The van der Waals surface area contributed by atoms with E-state index in [1.165, 1.54) is 18.4 Å². The lowest BCUT2D eigenvalue weighted by Gasteiger charge is -2.32. The number of anilines is 2. The van der Waals surface area contributed by atoms with Crippen LogP contribution >= 0.6 is 23.2 Å². The molecule has 0 unspecified atom stereocenters. The molecular weight excluding hydrogens is 737 g/mol. The number of fused-ring (bicyclic) bond motifs is 4. The van der Waals surface area contributed by atoms with Crippen LogP contribution in [0.25, 0.3) is 11.1 Å². The van der Waals surface area contributed by atoms with E-state index in [4.69, 9.17) is 28.2 Å². The van der Waals surface area contributed by atoms with E-state index in [2.05, 4.69) is 25.4 Å². The summed E-state index contributed by atoms with van der Waals surface area (Å²) >= 11 is 13.9. The van der Waals surface area contributed by atoms with Crippen molar-refractivity contribution in [3.05, 3.63) is 92.7 Å². The number of benzene rings is 2. The number of carbonyl (C=O) groups is 3. The van der Waals surface area contributed by atoms with E-state index >= 15 is 0 Å². The number of halogens is 2. The maximum Gasteiger partial charge on any atom is 0.309 e. The lowest BCUT2D eigenvalue weighted by atomic mass is 9.80. The molecule has 55 heavy (non-hydrogen) atoms. The minimum absolute atomic E-state index is 0.137. The van der Waals surface area contributed by atoms with Crippen LogP contribution in [0.5, 0.6) is 0 Å². The zero-order chi connectivity index (χ0) is 38.1. The highest BCUT2D eigenvalue weighted by Crippen LogP contribution is 2.63. The molecule has 5 aliphatic rings. The Morgan fingerprint density at radius 3 is 2.24 bits per heavy atom. The SMILES string of the molecule is Cn1c(C(=O)Nc2cccc(-c3cccc(NC(=O)c4cc5c(cn4)CN(C4CC4)CC5)c3Cl)c2Cl)nc2c1CCN(CCC13CCC(C(=O)O)(CC1)C3)C2. The van der Waals surface area contributed by atoms with Crippen molar-refractivity contribution < 1.29 is 19.5 Å². The number of carboxylic acids is 1. The van der Waals surface area contributed by atoms with Crippen molar-refractivity contribution in [3.63, 3.8) is 0 Å². The molecule has 2 aromatic carbocycles. The summed E-state index contributed by atoms with van der Waals surface area (Å²) in [6, 6.07) is 13.3. The highest BCUT2D eigenvalue weighted by Gasteiger charge is 2.57. The minimum Gasteiger partial charge on any atom is -0.481 e. The number of rotatable bonds is 10. The summed E-state index contributed by atoms with van der Waals surface area (Å²) in [6.45, 7) is 4.30. The van der Waals surface area contributed by atoms with Crippen LogP contribution in [0, 0.1) is 10.8 Å². The number of carboxylic acid groups (broad SMARTS) is 1. The molecule has 2 amide bonds. The van der Waals surface area contributed by atoms with Crippen LogP contribution < -0.4 is 10.6 Å². The minimum atomic E-state index is -0.625. The fourth-order valence-electron chi connectivity index (χ4n) is 9.71. The van der Waals surface area contributed by atoms with Crippen LogP contribution in [0.2, 0.25) is 10.0 Å². The Morgan fingerprint density at radius 1 is 0.891 bits per heavy atom. The Kier molecular flexibility index (Phi) is 9.27. The molecule has 286 valence electrons. The zero-order valence-electron chi connectivity index (χ0n) is 31.0. The van der Waals surface area contributed by atoms with Gasteiger partial charge in [0.05, 0.1) is 32.5 Å². The van der Waals surface area contributed by atoms with Crippen molar-refractivity contribution in [1.82, 2.24) is 24.3 Å². The Morgan fingerprint density at radius 2 is 1.58 bits per heavy atom. The van der Waals surface area contributed by atoms with Gasteiger partial charge < -0.3 is 20.3 Å². The van der Waals surface area contributed by atoms with Crippen LogP contribution in [-0.4, -0.2) is 72.9 Å². The van der Waals surface area contributed by atoms with Crippen molar-refractivity contribution in [2.24, 2.45) is 17.9 Å². The highest BCUT2D eigenvalue weighted by atomic mass is 35.5. The molecule has 9 rings (SSSR count). The van der Waals surface area contributed by atoms with E-state index in [1.54, 1.807) is 24.3 Å². The second-order valence-corrected chi connectivity index (χ2v) is 17.2. The average molecular weight is 783 g/mol. The third kappa shape index (κ3) is 6.73. The summed E-state index contributed by atoms with van der Waals surface area (Å²) in [5, 5.41) is 16.4. The molecule has 4 aromatic rings. The number of aliphatic carboxylic acids is 1. The van der Waals surface area contributed by atoms with Gasteiger partial charge >= 0.3 is 5.97 Å². The summed E-state index contributed by atoms with van der Waals surface area (Å²) in [5.74, 6) is -1.02. The van der Waals surface area contributed by atoms with E-state index in [0.717, 1.165) is 94.5 Å². The maximum atomic E-state index is 13.7. The first-order valence-electron chi connectivity index (χ1n) is 19.4. The smallest absolute Gasteiger partial charge is 0.309 e. The lowest BCUT2D eigenvalue weighted by molar-refractivity contribution is -0.148. The molecule has 2 bridgehead atoms. The predicted octanol–water partition coefficient (Wildman–Crippen LogP) is 7.60. The monoisotopic (exact) mass is 781 g/mol. The first kappa shape index (κ1) is 36.4. The molecular formula is C42H45Cl2N7O4. The molecule has 3 saturated carbocycles. The first-order valence-corrected chi connectivity index (χ1v) is 20.2. The van der Waals surface area contributed by atoms with Gasteiger partial charge in [-0.05, 0) is 99.1 Å². The van der Waals surface area contributed by atoms with Crippen molar-refractivity contribution in [3.8, 4) is 11.1 Å². The predicted molar refractivity (Wildman–Crippen MR) is 212 cm³/mol. The topological polar surface area (TPSA) is 133 Å². The molecule has 0 spiro atoms. The Hall–Kier alpha value is -4.29. The van der Waals surface area contributed by atoms with Crippen LogP contribution in [0.1, 0.15) is 95.0 Å². The molecule has 0 atom stereocenters. The van der Waals surface area contributed by atoms with E-state index in [-0.39, 0.29) is 17.2 Å². The Balaban J connectivity index is 0.863. The molecule has 11 nitrogen and oxygen atoms in total. The molecule has 0 saturated heterocycles. The number of carbonyl (C=O) groups excluding carboxylic acids is 2. The number of aromatic nitrogens is 3. The van der Waals surface area contributed by atoms with Crippen molar-refractivity contribution >= 4 is 52.4 Å². The summed E-state index contributed by atoms with van der Waals surface area (Å²) in [6.07, 6.45) is 11.4. The van der Waals surface area contributed by atoms with Gasteiger partial charge in [0.15, 0.2) is 5.82 Å². The Bertz CT molecular complexity index is 2220. The lowest BCUT2D eigenvalue weighted by Crippen LogP contribution is -2.34. The van der Waals surface area contributed by atoms with Gasteiger partial charge in [-0.15, -0.1) is 0 Å². The van der Waals surface area contributed by atoms with Crippen LogP contribution in [0.15, 0.2) is 48.7 Å². The second-order valence-electron chi connectivity index (χ2n) is 16.5. The molecule has 0 radical (unpaired) electrons. The van der Waals surface area contributed by atoms with Gasteiger partial charge in [-0.2, -0.15) is 0 Å². The first-order chi connectivity index (χ1) is 26.5. The zero-order valence-corrected chi connectivity index (χ0v) is 32.5. The van der Waals surface area contributed by atoms with Gasteiger partial charge in [0.1, 0.15) is 5.69 Å². The molecule has 4 heterocycles. The van der Waals surface area contributed by atoms with Gasteiger partial charge in [-0.1, -0.05) is 47.5 Å². The third-order valence-corrected chi connectivity index (χ3v) is 14.0. The Labute approximate surface area is 330 Å². The van der Waals surface area contributed by atoms with E-state index in [1.807, 2.05) is 36.0 Å². The molecule has 13 heteroatoms. The molecule has 2 aliphatic heterocycles. The van der Waals surface area contributed by atoms with Crippen molar-refractivity contribution in [2.45, 2.75) is 83.3 Å². The number of imidazole rings is 1. The summed E-state index contributed by atoms with van der Waals surface area (Å²) in [7, 11) is 1.87. The fraction of sp³-hybridized carbons (Fsp3) is 0.452. The summed E-state index contributed by atoms with van der Waals surface area (Å²) in [4.78, 5) is 53.2. The molecule has 3 N–H and O–H groups in total. The van der Waals surface area contributed by atoms with Crippen LogP contribution in [0.3, 0.4) is 0 Å². The molecule has 2 aromatic heterocycles. The largest absolute Gasteiger partial charge is 0.481 e. The van der Waals surface area contributed by atoms with Gasteiger partial charge in [-0.3, -0.25) is 29.2 Å².